The summed E-state index contributed by atoms with van der Waals surface area (Å²) in [5.74, 6) is -1.91. The first kappa shape index (κ1) is 12.3. The van der Waals surface area contributed by atoms with E-state index in [1.807, 2.05) is 6.92 Å². The summed E-state index contributed by atoms with van der Waals surface area (Å²) in [4.78, 5) is 37.2. The lowest BCUT2D eigenvalue weighted by Crippen LogP contribution is -2.35. The normalized spacial score (nSPS) is 13.6. The van der Waals surface area contributed by atoms with Crippen molar-refractivity contribution in [1.29, 1.82) is 0 Å². The lowest BCUT2D eigenvalue weighted by atomic mass is 10.1. The van der Waals surface area contributed by atoms with E-state index < -0.39 is 17.6 Å². The molecule has 3 rings (SSSR count). The maximum Gasteiger partial charge on any atom is 0.306 e. The van der Waals surface area contributed by atoms with Gasteiger partial charge in [-0.1, -0.05) is 29.8 Å². The molecule has 1 heterocycles. The van der Waals surface area contributed by atoms with Crippen LogP contribution in [0.3, 0.4) is 0 Å². The van der Waals surface area contributed by atoms with Crippen LogP contribution in [0.4, 0.5) is 5.69 Å². The van der Waals surface area contributed by atoms with E-state index in [0.29, 0.717) is 11.3 Å². The molecule has 0 atom stereocenters. The number of aryl methyl sites for hydroxylation is 1. The van der Waals surface area contributed by atoms with Crippen LogP contribution in [0.15, 0.2) is 48.5 Å². The van der Waals surface area contributed by atoms with Crippen molar-refractivity contribution in [2.75, 3.05) is 4.90 Å². The van der Waals surface area contributed by atoms with Gasteiger partial charge in [-0.2, -0.15) is 0 Å². The molecule has 2 aromatic carbocycles. The summed E-state index contributed by atoms with van der Waals surface area (Å²) in [7, 11) is 0. The third-order valence-electron chi connectivity index (χ3n) is 3.29. The van der Waals surface area contributed by atoms with Gasteiger partial charge in [-0.15, -0.1) is 0 Å². The number of para-hydroxylation sites is 1. The van der Waals surface area contributed by atoms with E-state index in [9.17, 15) is 14.4 Å². The second-order valence-corrected chi connectivity index (χ2v) is 4.66. The monoisotopic (exact) mass is 265 g/mol. The van der Waals surface area contributed by atoms with Crippen molar-refractivity contribution in [3.8, 4) is 0 Å². The minimum atomic E-state index is -0.795. The van der Waals surface area contributed by atoms with Crippen LogP contribution in [-0.4, -0.2) is 17.6 Å². The van der Waals surface area contributed by atoms with Gasteiger partial charge in [-0.3, -0.25) is 14.4 Å². The number of carbonyl (C=O) groups excluding carboxylic acids is 3. The van der Waals surface area contributed by atoms with Crippen LogP contribution < -0.4 is 4.90 Å². The Labute approximate surface area is 115 Å². The van der Waals surface area contributed by atoms with Gasteiger partial charge in [0.2, 0.25) is 0 Å². The van der Waals surface area contributed by atoms with E-state index in [1.54, 1.807) is 48.5 Å². The lowest BCUT2D eigenvalue weighted by Gasteiger charge is -2.14. The molecule has 0 saturated carbocycles. The largest absolute Gasteiger partial charge is 0.306 e. The van der Waals surface area contributed by atoms with Crippen molar-refractivity contribution in [3.05, 3.63) is 65.2 Å². The molecule has 0 radical (unpaired) electrons. The number of amides is 2. The number of rotatable bonds is 1. The van der Waals surface area contributed by atoms with Gasteiger partial charge in [0.05, 0.1) is 11.3 Å². The van der Waals surface area contributed by atoms with Gasteiger partial charge in [0, 0.05) is 5.56 Å². The fraction of sp³-hybridized carbons (Fsp3) is 0.0625. The molecule has 2 aromatic rings. The van der Waals surface area contributed by atoms with Crippen molar-refractivity contribution in [3.63, 3.8) is 0 Å². The molecule has 4 nitrogen and oxygen atoms in total. The third kappa shape index (κ3) is 1.73. The molecule has 0 saturated heterocycles. The number of benzene rings is 2. The Morgan fingerprint density at radius 1 is 0.950 bits per heavy atom. The highest BCUT2D eigenvalue weighted by Gasteiger charge is 2.39. The molecular formula is C16H11NO3. The lowest BCUT2D eigenvalue weighted by molar-refractivity contribution is -0.113. The maximum atomic E-state index is 12.4. The van der Waals surface area contributed by atoms with Crippen molar-refractivity contribution >= 4 is 23.3 Å². The predicted octanol–water partition coefficient (Wildman–Crippen LogP) is 2.36. The van der Waals surface area contributed by atoms with Crippen molar-refractivity contribution in [1.82, 2.24) is 0 Å². The van der Waals surface area contributed by atoms with Crippen LogP contribution in [0.25, 0.3) is 0 Å². The average Bonchev–Trinajstić information content (AvgIpc) is 2.72. The standard InChI is InChI=1S/C16H11NO3/c1-10-6-8-11(9-7-10)15(19)17-13-5-3-2-4-12(13)14(18)16(17)20/h2-9H,1H3. The molecule has 0 fully saturated rings. The second-order valence-electron chi connectivity index (χ2n) is 4.66. The predicted molar refractivity (Wildman–Crippen MR) is 73.8 cm³/mol. The number of nitrogens with zero attached hydrogens (tertiary/aromatic N) is 1. The Morgan fingerprint density at radius 3 is 2.30 bits per heavy atom. The van der Waals surface area contributed by atoms with Gasteiger partial charge in [0.15, 0.2) is 0 Å². The molecule has 0 spiro atoms. The summed E-state index contributed by atoms with van der Waals surface area (Å²) in [5, 5.41) is 0. The Kier molecular flexibility index (Phi) is 2.71. The smallest absolute Gasteiger partial charge is 0.283 e. The summed E-state index contributed by atoms with van der Waals surface area (Å²) in [5.41, 5.74) is 2.03. The van der Waals surface area contributed by atoms with E-state index in [0.717, 1.165) is 10.5 Å². The van der Waals surface area contributed by atoms with E-state index in [-0.39, 0.29) is 5.56 Å². The number of anilines is 1. The highest BCUT2D eigenvalue weighted by atomic mass is 16.2. The van der Waals surface area contributed by atoms with Gasteiger partial charge in [-0.25, -0.2) is 4.90 Å². The second kappa shape index (κ2) is 4.42. The fourth-order valence-corrected chi connectivity index (χ4v) is 2.21. The number of carbonyl (C=O) groups is 3. The molecule has 2 amide bonds. The summed E-state index contributed by atoms with van der Waals surface area (Å²) < 4.78 is 0. The van der Waals surface area contributed by atoms with Gasteiger partial charge >= 0.3 is 5.91 Å². The molecule has 1 aliphatic heterocycles. The minimum Gasteiger partial charge on any atom is -0.283 e. The van der Waals surface area contributed by atoms with Crippen LogP contribution in [0.1, 0.15) is 26.3 Å². The first-order chi connectivity index (χ1) is 9.59. The Hall–Kier alpha value is -2.75. The van der Waals surface area contributed by atoms with Gasteiger partial charge in [0.1, 0.15) is 0 Å². The van der Waals surface area contributed by atoms with Crippen LogP contribution in [0.5, 0.6) is 0 Å². The molecule has 20 heavy (non-hydrogen) atoms. The van der Waals surface area contributed by atoms with Crippen LogP contribution in [0, 0.1) is 6.92 Å². The molecule has 0 unspecified atom stereocenters. The van der Waals surface area contributed by atoms with E-state index in [4.69, 9.17) is 0 Å². The van der Waals surface area contributed by atoms with E-state index >= 15 is 0 Å². The molecule has 4 heteroatoms. The topological polar surface area (TPSA) is 54.5 Å². The first-order valence-corrected chi connectivity index (χ1v) is 6.18. The van der Waals surface area contributed by atoms with Gasteiger partial charge < -0.3 is 0 Å². The Morgan fingerprint density at radius 2 is 1.60 bits per heavy atom. The van der Waals surface area contributed by atoms with E-state index in [2.05, 4.69) is 0 Å². The summed E-state index contributed by atoms with van der Waals surface area (Å²) in [6.07, 6.45) is 0. The highest BCUT2D eigenvalue weighted by molar-refractivity contribution is 6.57. The molecule has 0 bridgehead atoms. The molecule has 0 aromatic heterocycles. The Balaban J connectivity index is 2.06. The van der Waals surface area contributed by atoms with Crippen LogP contribution >= 0.6 is 0 Å². The third-order valence-corrected chi connectivity index (χ3v) is 3.29. The number of imide groups is 1. The SMILES string of the molecule is Cc1ccc(C(=O)N2C(=O)C(=O)c3ccccc32)cc1. The quantitative estimate of drug-likeness (QED) is 0.587. The molecule has 1 aliphatic rings. The number of ketones is 1. The van der Waals surface area contributed by atoms with Crippen LogP contribution in [0.2, 0.25) is 0 Å². The summed E-state index contributed by atoms with van der Waals surface area (Å²) >= 11 is 0. The zero-order chi connectivity index (χ0) is 14.3. The number of hydrogen-bond acceptors (Lipinski definition) is 3. The summed E-state index contributed by atoms with van der Waals surface area (Å²) in [6.45, 7) is 1.91. The van der Waals surface area contributed by atoms with Crippen LogP contribution in [-0.2, 0) is 4.79 Å². The van der Waals surface area contributed by atoms with Crippen molar-refractivity contribution in [2.45, 2.75) is 6.92 Å². The molecular weight excluding hydrogens is 254 g/mol. The van der Waals surface area contributed by atoms with Crippen molar-refractivity contribution in [2.24, 2.45) is 0 Å². The highest BCUT2D eigenvalue weighted by Crippen LogP contribution is 2.29. The average molecular weight is 265 g/mol. The molecule has 0 N–H and O–H groups in total. The van der Waals surface area contributed by atoms with E-state index in [1.165, 1.54) is 0 Å². The number of hydrogen-bond donors (Lipinski definition) is 0. The van der Waals surface area contributed by atoms with Crippen molar-refractivity contribution < 1.29 is 14.4 Å². The summed E-state index contributed by atoms with van der Waals surface area (Å²) in [6, 6.07) is 13.4. The first-order valence-electron chi connectivity index (χ1n) is 6.18. The van der Waals surface area contributed by atoms with Gasteiger partial charge in [0.25, 0.3) is 11.7 Å². The molecule has 98 valence electrons. The number of Topliss-reactive ketones (excluding diaryl/α,β-unsaturated/α-hetero) is 1. The number of fused-ring (bicyclic) bond motifs is 1. The van der Waals surface area contributed by atoms with Gasteiger partial charge in [-0.05, 0) is 31.2 Å². The zero-order valence-electron chi connectivity index (χ0n) is 10.8. The maximum absolute atomic E-state index is 12.4. The molecule has 0 aliphatic carbocycles. The minimum absolute atomic E-state index is 0.276. The fourth-order valence-electron chi connectivity index (χ4n) is 2.21. The Bertz CT molecular complexity index is 732. The zero-order valence-corrected chi connectivity index (χ0v) is 10.8.